The lowest BCUT2D eigenvalue weighted by atomic mass is 9.98. The average Bonchev–Trinajstić information content (AvgIpc) is 2.46. The Kier molecular flexibility index (Phi) is 4.85. The molecule has 0 fully saturated rings. The van der Waals surface area contributed by atoms with Crippen LogP contribution in [0.4, 0.5) is 0 Å². The first-order valence-corrected chi connectivity index (χ1v) is 7.46. The second-order valence-corrected chi connectivity index (χ2v) is 5.87. The topological polar surface area (TPSA) is 9.23 Å². The van der Waals surface area contributed by atoms with Crippen molar-refractivity contribution in [2.75, 3.05) is 0 Å². The first kappa shape index (κ1) is 15.4. The van der Waals surface area contributed by atoms with Gasteiger partial charge >= 0.3 is 0 Å². The van der Waals surface area contributed by atoms with Crippen LogP contribution in [0.5, 0.6) is 5.75 Å². The first-order chi connectivity index (χ1) is 10.0. The van der Waals surface area contributed by atoms with Crippen LogP contribution in [0, 0.1) is 13.8 Å². The molecule has 0 atom stereocenters. The Labute approximate surface area is 128 Å². The predicted octanol–water partition coefficient (Wildman–Crippen LogP) is 5.65. The van der Waals surface area contributed by atoms with Crippen molar-refractivity contribution in [2.45, 2.75) is 40.2 Å². The molecule has 0 amide bonds. The van der Waals surface area contributed by atoms with Crippen LogP contribution in [0.15, 0.2) is 43.0 Å². The van der Waals surface area contributed by atoms with E-state index in [1.165, 1.54) is 22.3 Å². The van der Waals surface area contributed by atoms with Gasteiger partial charge in [0.2, 0.25) is 0 Å². The van der Waals surface area contributed by atoms with Gasteiger partial charge in [-0.05, 0) is 47.6 Å². The summed E-state index contributed by atoms with van der Waals surface area (Å²) in [6.07, 6.45) is 1.85. The molecule has 2 rings (SSSR count). The number of benzene rings is 2. The second kappa shape index (κ2) is 6.62. The minimum atomic E-state index is 0.544. The van der Waals surface area contributed by atoms with Crippen molar-refractivity contribution in [3.63, 3.8) is 0 Å². The fourth-order valence-corrected chi connectivity index (χ4v) is 2.45. The lowest BCUT2D eigenvalue weighted by Gasteiger charge is -2.15. The first-order valence-electron chi connectivity index (χ1n) is 7.46. The van der Waals surface area contributed by atoms with Crippen molar-refractivity contribution in [1.82, 2.24) is 0 Å². The molecule has 0 saturated heterocycles. The van der Waals surface area contributed by atoms with Gasteiger partial charge in [0.25, 0.3) is 0 Å². The Morgan fingerprint density at radius 2 is 1.62 bits per heavy atom. The van der Waals surface area contributed by atoms with Gasteiger partial charge in [-0.2, -0.15) is 0 Å². The van der Waals surface area contributed by atoms with E-state index in [1.54, 1.807) is 0 Å². The van der Waals surface area contributed by atoms with Gasteiger partial charge in [-0.25, -0.2) is 0 Å². The van der Waals surface area contributed by atoms with Crippen LogP contribution >= 0.6 is 0 Å². The predicted molar refractivity (Wildman–Crippen MR) is 90.9 cm³/mol. The molecule has 0 aromatic heterocycles. The average molecular weight is 280 g/mol. The third-order valence-corrected chi connectivity index (χ3v) is 3.75. The van der Waals surface area contributed by atoms with Crippen molar-refractivity contribution < 1.29 is 4.74 Å². The SMILES string of the molecule is C=Cc1ccc(COc2c(C)cc(C(C)C)cc2C)cc1. The van der Waals surface area contributed by atoms with Gasteiger partial charge in [0.05, 0.1) is 0 Å². The van der Waals surface area contributed by atoms with Crippen LogP contribution in [0.3, 0.4) is 0 Å². The highest BCUT2D eigenvalue weighted by Gasteiger charge is 2.09. The third-order valence-electron chi connectivity index (χ3n) is 3.75. The maximum absolute atomic E-state index is 6.04. The molecule has 0 radical (unpaired) electrons. The Balaban J connectivity index is 2.14. The summed E-state index contributed by atoms with van der Waals surface area (Å²) in [6, 6.07) is 12.8. The number of rotatable bonds is 5. The standard InChI is InChI=1S/C20H24O/c1-6-17-7-9-18(10-8-17)13-21-20-15(4)11-19(14(2)3)12-16(20)5/h6-12,14H,1,13H2,2-5H3. The molecule has 1 heteroatoms. The molecular weight excluding hydrogens is 256 g/mol. The molecule has 0 N–H and O–H groups in total. The van der Waals surface area contributed by atoms with Gasteiger partial charge in [-0.1, -0.05) is 62.9 Å². The lowest BCUT2D eigenvalue weighted by Crippen LogP contribution is -2.00. The highest BCUT2D eigenvalue weighted by atomic mass is 16.5. The summed E-state index contributed by atoms with van der Waals surface area (Å²) in [5.41, 5.74) is 6.09. The quantitative estimate of drug-likeness (QED) is 0.687. The molecule has 0 saturated carbocycles. The fourth-order valence-electron chi connectivity index (χ4n) is 2.45. The van der Waals surface area contributed by atoms with Crippen LogP contribution in [-0.4, -0.2) is 0 Å². The van der Waals surface area contributed by atoms with E-state index in [9.17, 15) is 0 Å². The van der Waals surface area contributed by atoms with E-state index in [0.29, 0.717) is 12.5 Å². The number of hydrogen-bond donors (Lipinski definition) is 0. The van der Waals surface area contributed by atoms with Gasteiger partial charge in [-0.15, -0.1) is 0 Å². The van der Waals surface area contributed by atoms with E-state index >= 15 is 0 Å². The smallest absolute Gasteiger partial charge is 0.125 e. The minimum Gasteiger partial charge on any atom is -0.488 e. The zero-order chi connectivity index (χ0) is 15.4. The summed E-state index contributed by atoms with van der Waals surface area (Å²) < 4.78 is 6.04. The summed E-state index contributed by atoms with van der Waals surface area (Å²) in [6.45, 7) is 13.0. The van der Waals surface area contributed by atoms with Crippen molar-refractivity contribution in [3.8, 4) is 5.75 Å². The molecule has 21 heavy (non-hydrogen) atoms. The molecule has 0 aliphatic carbocycles. The largest absolute Gasteiger partial charge is 0.488 e. The number of ether oxygens (including phenoxy) is 1. The zero-order valence-corrected chi connectivity index (χ0v) is 13.4. The summed E-state index contributed by atoms with van der Waals surface area (Å²) in [7, 11) is 0. The van der Waals surface area contributed by atoms with E-state index < -0.39 is 0 Å². The summed E-state index contributed by atoms with van der Waals surface area (Å²) in [5, 5.41) is 0. The van der Waals surface area contributed by atoms with Gasteiger partial charge < -0.3 is 4.74 Å². The van der Waals surface area contributed by atoms with Gasteiger partial charge in [0, 0.05) is 0 Å². The van der Waals surface area contributed by atoms with Gasteiger partial charge in [-0.3, -0.25) is 0 Å². The molecule has 0 bridgehead atoms. The maximum atomic E-state index is 6.04. The Morgan fingerprint density at radius 3 is 2.10 bits per heavy atom. The summed E-state index contributed by atoms with van der Waals surface area (Å²) in [5.74, 6) is 1.55. The molecule has 0 heterocycles. The Bertz CT molecular complexity index is 598. The lowest BCUT2D eigenvalue weighted by molar-refractivity contribution is 0.302. The van der Waals surface area contributed by atoms with E-state index in [1.807, 2.05) is 6.08 Å². The van der Waals surface area contributed by atoms with Crippen molar-refractivity contribution in [1.29, 1.82) is 0 Å². The monoisotopic (exact) mass is 280 g/mol. The molecule has 0 spiro atoms. The van der Waals surface area contributed by atoms with E-state index in [-0.39, 0.29) is 0 Å². The van der Waals surface area contributed by atoms with Crippen LogP contribution in [0.2, 0.25) is 0 Å². The van der Waals surface area contributed by atoms with E-state index in [4.69, 9.17) is 4.74 Å². The summed E-state index contributed by atoms with van der Waals surface area (Å²) >= 11 is 0. The van der Waals surface area contributed by atoms with Gasteiger partial charge in [0.1, 0.15) is 12.4 Å². The number of aryl methyl sites for hydroxylation is 2. The van der Waals surface area contributed by atoms with Crippen LogP contribution in [-0.2, 0) is 6.61 Å². The van der Waals surface area contributed by atoms with Crippen LogP contribution in [0.25, 0.3) is 6.08 Å². The molecule has 2 aromatic carbocycles. The maximum Gasteiger partial charge on any atom is 0.125 e. The van der Waals surface area contributed by atoms with Crippen LogP contribution < -0.4 is 4.74 Å². The fraction of sp³-hybridized carbons (Fsp3) is 0.300. The number of hydrogen-bond acceptors (Lipinski definition) is 1. The molecule has 0 unspecified atom stereocenters. The minimum absolute atomic E-state index is 0.544. The van der Waals surface area contributed by atoms with Crippen molar-refractivity contribution in [3.05, 3.63) is 70.8 Å². The van der Waals surface area contributed by atoms with E-state index in [2.05, 4.69) is 70.7 Å². The second-order valence-electron chi connectivity index (χ2n) is 5.87. The molecule has 0 aliphatic rings. The van der Waals surface area contributed by atoms with E-state index in [0.717, 1.165) is 11.3 Å². The normalized spacial score (nSPS) is 10.7. The zero-order valence-electron chi connectivity index (χ0n) is 13.4. The van der Waals surface area contributed by atoms with Gasteiger partial charge in [0.15, 0.2) is 0 Å². The molecule has 2 aromatic rings. The molecular formula is C20H24O. The highest BCUT2D eigenvalue weighted by Crippen LogP contribution is 2.28. The molecule has 0 aliphatic heterocycles. The van der Waals surface area contributed by atoms with Crippen molar-refractivity contribution >= 4 is 6.08 Å². The molecule has 110 valence electrons. The Morgan fingerprint density at radius 1 is 1.05 bits per heavy atom. The van der Waals surface area contributed by atoms with Crippen LogP contribution in [0.1, 0.15) is 47.6 Å². The molecule has 1 nitrogen and oxygen atoms in total. The van der Waals surface area contributed by atoms with Crippen molar-refractivity contribution in [2.24, 2.45) is 0 Å². The summed E-state index contributed by atoms with van der Waals surface area (Å²) in [4.78, 5) is 0. The highest BCUT2D eigenvalue weighted by molar-refractivity contribution is 5.47. The third kappa shape index (κ3) is 3.75. The Hall–Kier alpha value is -2.02.